The van der Waals surface area contributed by atoms with Crippen molar-refractivity contribution in [3.63, 3.8) is 0 Å². The summed E-state index contributed by atoms with van der Waals surface area (Å²) in [6, 6.07) is 0. The number of Topliss-reactive ketones (excluding diaryl/α,β-unsaturated/α-hetero) is 1. The van der Waals surface area contributed by atoms with E-state index in [-0.39, 0.29) is 0 Å². The van der Waals surface area contributed by atoms with Crippen molar-refractivity contribution in [1.82, 2.24) is 0 Å². The zero-order valence-electron chi connectivity index (χ0n) is 8.60. The molecule has 0 amide bonds. The van der Waals surface area contributed by atoms with E-state index in [2.05, 4.69) is 13.8 Å². The Labute approximate surface area is 79.9 Å². The minimum atomic E-state index is 0.451. The number of carbonyl (C=O) groups excluding carboxylic acids is 1. The molecular weight excluding hydrogens is 160 g/mol. The summed E-state index contributed by atoms with van der Waals surface area (Å²) in [6.45, 7) is 4.81. The van der Waals surface area contributed by atoms with E-state index in [1.54, 1.807) is 0 Å². The van der Waals surface area contributed by atoms with E-state index >= 15 is 0 Å². The third kappa shape index (κ3) is 0.693. The molecular formula is C12H18O. The van der Waals surface area contributed by atoms with Gasteiger partial charge in [-0.2, -0.15) is 0 Å². The topological polar surface area (TPSA) is 17.1 Å². The van der Waals surface area contributed by atoms with Crippen LogP contribution in [0.4, 0.5) is 0 Å². The normalized spacial score (nSPS) is 44.0. The molecule has 0 aromatic heterocycles. The fourth-order valence-electron chi connectivity index (χ4n) is 4.47. The van der Waals surface area contributed by atoms with Crippen molar-refractivity contribution in [1.29, 1.82) is 0 Å². The third-order valence-electron chi connectivity index (χ3n) is 5.54. The second-order valence-corrected chi connectivity index (χ2v) is 5.98. The molecule has 0 radical (unpaired) electrons. The van der Waals surface area contributed by atoms with Crippen LogP contribution in [0.5, 0.6) is 0 Å². The molecule has 0 N–H and O–H groups in total. The van der Waals surface area contributed by atoms with Crippen LogP contribution in [-0.4, -0.2) is 5.78 Å². The lowest BCUT2D eigenvalue weighted by molar-refractivity contribution is -0.147. The molecule has 3 saturated carbocycles. The van der Waals surface area contributed by atoms with E-state index in [9.17, 15) is 4.79 Å². The molecule has 13 heavy (non-hydrogen) atoms. The molecule has 1 spiro atoms. The van der Waals surface area contributed by atoms with E-state index in [4.69, 9.17) is 0 Å². The maximum Gasteiger partial charge on any atom is 0.134 e. The summed E-state index contributed by atoms with van der Waals surface area (Å²) in [5, 5.41) is 0. The van der Waals surface area contributed by atoms with E-state index in [0.717, 1.165) is 24.7 Å². The predicted octanol–water partition coefficient (Wildman–Crippen LogP) is 2.79. The van der Waals surface area contributed by atoms with Crippen molar-refractivity contribution in [3.05, 3.63) is 0 Å². The maximum atomic E-state index is 11.2. The van der Waals surface area contributed by atoms with E-state index in [0.29, 0.717) is 16.6 Å². The highest BCUT2D eigenvalue weighted by molar-refractivity contribution is 5.87. The molecule has 2 unspecified atom stereocenters. The van der Waals surface area contributed by atoms with Gasteiger partial charge in [-0.15, -0.1) is 0 Å². The van der Waals surface area contributed by atoms with Crippen LogP contribution >= 0.6 is 0 Å². The van der Waals surface area contributed by atoms with Crippen molar-refractivity contribution in [2.24, 2.45) is 22.7 Å². The molecule has 3 fully saturated rings. The fourth-order valence-corrected chi connectivity index (χ4v) is 4.47. The fraction of sp³-hybridized carbons (Fsp3) is 0.917. The number of ketones is 1. The quantitative estimate of drug-likeness (QED) is 0.557. The number of fused-ring (bicyclic) bond motifs is 3. The zero-order chi connectivity index (χ0) is 9.27. The van der Waals surface area contributed by atoms with Gasteiger partial charge < -0.3 is 0 Å². The summed E-state index contributed by atoms with van der Waals surface area (Å²) in [4.78, 5) is 11.2. The van der Waals surface area contributed by atoms with Gasteiger partial charge in [0.25, 0.3) is 0 Å². The summed E-state index contributed by atoms with van der Waals surface area (Å²) in [5.41, 5.74) is 0.914. The molecule has 72 valence electrons. The van der Waals surface area contributed by atoms with Gasteiger partial charge in [0.05, 0.1) is 0 Å². The number of carbonyl (C=O) groups is 1. The van der Waals surface area contributed by atoms with Crippen molar-refractivity contribution in [2.45, 2.75) is 46.0 Å². The molecule has 1 nitrogen and oxygen atoms in total. The van der Waals surface area contributed by atoms with Gasteiger partial charge in [0.15, 0.2) is 0 Å². The summed E-state index contributed by atoms with van der Waals surface area (Å²) < 4.78 is 0. The zero-order valence-corrected chi connectivity index (χ0v) is 8.60. The van der Waals surface area contributed by atoms with Crippen LogP contribution in [0.3, 0.4) is 0 Å². The highest BCUT2D eigenvalue weighted by atomic mass is 16.1. The van der Waals surface area contributed by atoms with Gasteiger partial charge in [-0.3, -0.25) is 4.79 Å². The van der Waals surface area contributed by atoms with Crippen molar-refractivity contribution < 1.29 is 4.79 Å². The molecule has 0 aromatic rings. The first kappa shape index (κ1) is 8.02. The Bertz CT molecular complexity index is 269. The Hall–Kier alpha value is -0.330. The molecule has 1 heteroatoms. The molecule has 3 rings (SSSR count). The number of hydrogen-bond donors (Lipinski definition) is 0. The largest absolute Gasteiger partial charge is 0.300 e. The van der Waals surface area contributed by atoms with E-state index < -0.39 is 0 Å². The molecule has 0 aromatic carbocycles. The summed E-state index contributed by atoms with van der Waals surface area (Å²) >= 11 is 0. The second kappa shape index (κ2) is 2.02. The Kier molecular flexibility index (Phi) is 1.24. The SMILES string of the molecule is CC1(C)C2CCC(C2)C12CC(=O)C2. The van der Waals surface area contributed by atoms with Gasteiger partial charge in [-0.1, -0.05) is 13.8 Å². The monoisotopic (exact) mass is 178 g/mol. The Morgan fingerprint density at radius 1 is 1.15 bits per heavy atom. The van der Waals surface area contributed by atoms with Gasteiger partial charge in [-0.05, 0) is 41.9 Å². The van der Waals surface area contributed by atoms with Gasteiger partial charge in [0.1, 0.15) is 5.78 Å². The summed E-state index contributed by atoms with van der Waals surface area (Å²) in [5.74, 6) is 2.33. The standard InChI is InChI=1S/C12H18O/c1-11(2)8-3-4-9(5-8)12(11)6-10(13)7-12/h8-9H,3-7H2,1-2H3. The van der Waals surface area contributed by atoms with Gasteiger partial charge in [-0.25, -0.2) is 0 Å². The van der Waals surface area contributed by atoms with Crippen LogP contribution in [0.2, 0.25) is 0 Å². The molecule has 3 aliphatic carbocycles. The Morgan fingerprint density at radius 2 is 1.77 bits per heavy atom. The van der Waals surface area contributed by atoms with E-state index in [1.165, 1.54) is 19.3 Å². The number of rotatable bonds is 0. The smallest absolute Gasteiger partial charge is 0.134 e. The first-order chi connectivity index (χ1) is 6.06. The van der Waals surface area contributed by atoms with E-state index in [1.807, 2.05) is 0 Å². The maximum absolute atomic E-state index is 11.2. The third-order valence-corrected chi connectivity index (χ3v) is 5.54. The van der Waals surface area contributed by atoms with Crippen LogP contribution in [-0.2, 0) is 4.79 Å². The molecule has 0 heterocycles. The lowest BCUT2D eigenvalue weighted by Gasteiger charge is -2.55. The van der Waals surface area contributed by atoms with Crippen molar-refractivity contribution >= 4 is 5.78 Å². The minimum Gasteiger partial charge on any atom is -0.300 e. The van der Waals surface area contributed by atoms with Gasteiger partial charge in [0.2, 0.25) is 0 Å². The van der Waals surface area contributed by atoms with Crippen molar-refractivity contribution in [2.75, 3.05) is 0 Å². The van der Waals surface area contributed by atoms with Crippen LogP contribution in [0.15, 0.2) is 0 Å². The summed E-state index contributed by atoms with van der Waals surface area (Å²) in [7, 11) is 0. The average Bonchev–Trinajstić information content (AvgIpc) is 2.50. The minimum absolute atomic E-state index is 0.451. The van der Waals surface area contributed by atoms with Crippen LogP contribution in [0.1, 0.15) is 46.0 Å². The Morgan fingerprint density at radius 3 is 2.23 bits per heavy atom. The first-order valence-electron chi connectivity index (χ1n) is 5.58. The lowest BCUT2D eigenvalue weighted by atomic mass is 9.48. The highest BCUT2D eigenvalue weighted by Gasteiger charge is 2.66. The molecule has 3 aliphatic rings. The Balaban J connectivity index is 2.00. The van der Waals surface area contributed by atoms with Crippen LogP contribution in [0.25, 0.3) is 0 Å². The van der Waals surface area contributed by atoms with Crippen LogP contribution < -0.4 is 0 Å². The first-order valence-corrected chi connectivity index (χ1v) is 5.58. The second-order valence-electron chi connectivity index (χ2n) is 5.98. The van der Waals surface area contributed by atoms with Crippen molar-refractivity contribution in [3.8, 4) is 0 Å². The average molecular weight is 178 g/mol. The lowest BCUT2D eigenvalue weighted by Crippen LogP contribution is -2.52. The predicted molar refractivity (Wildman–Crippen MR) is 51.3 cm³/mol. The van der Waals surface area contributed by atoms with Crippen LogP contribution in [0, 0.1) is 22.7 Å². The highest BCUT2D eigenvalue weighted by Crippen LogP contribution is 2.72. The van der Waals surface area contributed by atoms with Gasteiger partial charge in [0, 0.05) is 12.8 Å². The number of hydrogen-bond acceptors (Lipinski definition) is 1. The van der Waals surface area contributed by atoms with Gasteiger partial charge >= 0.3 is 0 Å². The molecule has 2 atom stereocenters. The molecule has 0 aliphatic heterocycles. The molecule has 2 bridgehead atoms. The summed E-state index contributed by atoms with van der Waals surface area (Å²) in [6.07, 6.45) is 6.05. The molecule has 0 saturated heterocycles.